The maximum atomic E-state index is 13.1. The van der Waals surface area contributed by atoms with Crippen molar-refractivity contribution in [2.75, 3.05) is 38.1 Å². The highest BCUT2D eigenvalue weighted by molar-refractivity contribution is 5.76. The second-order valence-corrected chi connectivity index (χ2v) is 17.3. The van der Waals surface area contributed by atoms with Gasteiger partial charge in [0.1, 0.15) is 12.1 Å². The van der Waals surface area contributed by atoms with E-state index in [-0.39, 0.29) is 27.6 Å². The first kappa shape index (κ1) is 29.7. The van der Waals surface area contributed by atoms with Crippen molar-refractivity contribution in [1.82, 2.24) is 14.9 Å². The van der Waals surface area contributed by atoms with E-state index in [0.29, 0.717) is 23.7 Å². The fourth-order valence-corrected chi connectivity index (χ4v) is 12.6. The van der Waals surface area contributed by atoms with Crippen LogP contribution in [-0.2, 0) is 16.6 Å². The second-order valence-electron chi connectivity index (χ2n) is 17.3. The summed E-state index contributed by atoms with van der Waals surface area (Å²) in [4.78, 5) is 28.0. The molecular formula is C37H56N4O2. The average molecular weight is 589 g/mol. The smallest absolute Gasteiger partial charge is 0.310 e. The van der Waals surface area contributed by atoms with Crippen molar-refractivity contribution in [3.05, 3.63) is 29.2 Å². The normalized spacial score (nSPS) is 45.5. The molecule has 1 aromatic heterocycles. The minimum Gasteiger partial charge on any atom is -0.481 e. The van der Waals surface area contributed by atoms with E-state index >= 15 is 0 Å². The molecule has 4 fully saturated rings. The molecule has 0 radical (unpaired) electrons. The Morgan fingerprint density at radius 2 is 1.65 bits per heavy atom. The third-order valence-corrected chi connectivity index (χ3v) is 15.4. The van der Waals surface area contributed by atoms with Gasteiger partial charge in [-0.15, -0.1) is 0 Å². The fourth-order valence-electron chi connectivity index (χ4n) is 12.6. The van der Waals surface area contributed by atoms with Gasteiger partial charge in [0.05, 0.1) is 11.1 Å². The van der Waals surface area contributed by atoms with Gasteiger partial charge in [-0.25, -0.2) is 9.97 Å². The topological polar surface area (TPSA) is 69.6 Å². The number of hydrogen-bond donors (Lipinski definition) is 1. The quantitative estimate of drug-likeness (QED) is 0.376. The van der Waals surface area contributed by atoms with Crippen LogP contribution in [0.1, 0.15) is 105 Å². The molecule has 1 aromatic rings. The van der Waals surface area contributed by atoms with Crippen molar-refractivity contribution in [3.63, 3.8) is 0 Å². The molecule has 0 amide bonds. The summed E-state index contributed by atoms with van der Waals surface area (Å²) in [6, 6.07) is 0. The van der Waals surface area contributed by atoms with Crippen LogP contribution in [0.2, 0.25) is 0 Å². The summed E-state index contributed by atoms with van der Waals surface area (Å²) < 4.78 is 0. The molecule has 0 spiro atoms. The maximum absolute atomic E-state index is 13.1. The van der Waals surface area contributed by atoms with Crippen LogP contribution >= 0.6 is 0 Å². The summed E-state index contributed by atoms with van der Waals surface area (Å²) in [6.45, 7) is 21.7. The van der Waals surface area contributed by atoms with E-state index in [9.17, 15) is 9.90 Å². The third kappa shape index (κ3) is 3.77. The Morgan fingerprint density at radius 1 is 0.930 bits per heavy atom. The summed E-state index contributed by atoms with van der Waals surface area (Å²) in [5, 5.41) is 10.7. The lowest BCUT2D eigenvalue weighted by molar-refractivity contribution is -0.179. The monoisotopic (exact) mass is 588 g/mol. The molecule has 0 bridgehead atoms. The van der Waals surface area contributed by atoms with Crippen molar-refractivity contribution in [3.8, 4) is 0 Å². The molecule has 1 N–H and O–H groups in total. The van der Waals surface area contributed by atoms with Crippen LogP contribution < -0.4 is 4.90 Å². The van der Waals surface area contributed by atoms with Crippen molar-refractivity contribution in [2.45, 2.75) is 105 Å². The van der Waals surface area contributed by atoms with Crippen LogP contribution in [0.4, 0.5) is 5.82 Å². The van der Waals surface area contributed by atoms with Crippen LogP contribution in [0.3, 0.4) is 0 Å². The zero-order chi connectivity index (χ0) is 30.7. The number of allylic oxidation sites excluding steroid dienone is 2. The maximum Gasteiger partial charge on any atom is 0.310 e. The van der Waals surface area contributed by atoms with Gasteiger partial charge in [0.25, 0.3) is 0 Å². The molecule has 6 heteroatoms. The van der Waals surface area contributed by atoms with Gasteiger partial charge in [-0.2, -0.15) is 0 Å². The molecule has 3 saturated carbocycles. The van der Waals surface area contributed by atoms with E-state index in [4.69, 9.17) is 9.97 Å². The first-order chi connectivity index (χ1) is 20.2. The van der Waals surface area contributed by atoms with Crippen molar-refractivity contribution >= 4 is 11.8 Å². The SMILES string of the molecule is C[C@H]1[C@H](C)CC[C@]2(C(=O)O)CC[C@]3(C)C(=CC[C@@H]4[C@@]5(C)Cc6c(N7CCN(C)CC7)ncnc6C(C)(C)[C@@H]5CC[C@]43C)[C@H]12. The van der Waals surface area contributed by atoms with Crippen molar-refractivity contribution < 1.29 is 9.90 Å². The molecular weight excluding hydrogens is 532 g/mol. The Morgan fingerprint density at radius 3 is 2.35 bits per heavy atom. The Hall–Kier alpha value is -1.95. The first-order valence-electron chi connectivity index (χ1n) is 17.4. The number of fused-ring (bicyclic) bond motifs is 8. The number of nitrogens with zero attached hydrogens (tertiary/aromatic N) is 4. The number of anilines is 1. The predicted molar refractivity (Wildman–Crippen MR) is 172 cm³/mol. The standard InChI is InChI=1S/C37H56N4O2/c1-23-11-14-37(32(42)43)16-15-35(6)26(29(37)24(23)2)9-10-28-34(5)21-25-30(33(3,4)27(34)12-13-36(28,35)7)38-22-39-31(25)41-19-17-40(8)18-20-41/h9,22-24,27-29H,10-21H2,1-8H3,(H,42,43)/t23-,24+,27+,28-,29+,34+,35-,36-,37+/m1/s1. The lowest BCUT2D eigenvalue weighted by Crippen LogP contribution is -2.65. The van der Waals surface area contributed by atoms with Crippen molar-refractivity contribution in [1.29, 1.82) is 0 Å². The van der Waals surface area contributed by atoms with E-state index in [1.54, 1.807) is 0 Å². The highest BCUT2D eigenvalue weighted by atomic mass is 16.4. The first-order valence-corrected chi connectivity index (χ1v) is 17.4. The number of likely N-dealkylation sites (N-methyl/N-ethyl adjacent to an activating group) is 1. The zero-order valence-corrected chi connectivity index (χ0v) is 28.2. The summed E-state index contributed by atoms with van der Waals surface area (Å²) >= 11 is 0. The van der Waals surface area contributed by atoms with E-state index < -0.39 is 11.4 Å². The molecule has 1 saturated heterocycles. The molecule has 0 aromatic carbocycles. The van der Waals surface area contributed by atoms with Gasteiger partial charge < -0.3 is 14.9 Å². The lowest BCUT2D eigenvalue weighted by atomic mass is 9.33. The van der Waals surface area contributed by atoms with E-state index in [0.717, 1.165) is 64.7 Å². The molecule has 5 aliphatic carbocycles. The lowest BCUT2D eigenvalue weighted by Gasteiger charge is -2.70. The number of rotatable bonds is 2. The van der Waals surface area contributed by atoms with Gasteiger partial charge >= 0.3 is 5.97 Å². The summed E-state index contributed by atoms with van der Waals surface area (Å²) in [5.74, 6) is 2.91. The molecule has 7 rings (SSSR count). The average Bonchev–Trinajstić information content (AvgIpc) is 2.95. The van der Waals surface area contributed by atoms with E-state index in [1.165, 1.54) is 35.5 Å². The summed E-state index contributed by atoms with van der Waals surface area (Å²) in [7, 11) is 2.22. The molecule has 9 atom stereocenters. The number of carboxylic acids is 1. The number of piperazine rings is 1. The minimum atomic E-state index is -0.581. The van der Waals surface area contributed by atoms with Crippen LogP contribution in [-0.4, -0.2) is 59.2 Å². The Kier molecular flexibility index (Phi) is 6.59. The van der Waals surface area contributed by atoms with Gasteiger partial charge in [-0.1, -0.05) is 60.1 Å². The molecule has 6 nitrogen and oxygen atoms in total. The highest BCUT2D eigenvalue weighted by Crippen LogP contribution is 2.75. The summed E-state index contributed by atoms with van der Waals surface area (Å²) in [6.07, 6.45) is 12.7. The minimum absolute atomic E-state index is 0.0167. The van der Waals surface area contributed by atoms with E-state index in [2.05, 4.69) is 71.4 Å². The molecule has 1 aliphatic heterocycles. The number of hydrogen-bond acceptors (Lipinski definition) is 5. The van der Waals surface area contributed by atoms with Crippen LogP contribution in [0, 0.1) is 51.2 Å². The number of carboxylic acid groups (broad SMARTS) is 1. The van der Waals surface area contributed by atoms with Crippen LogP contribution in [0.5, 0.6) is 0 Å². The van der Waals surface area contributed by atoms with Gasteiger partial charge in [0.15, 0.2) is 0 Å². The number of aliphatic carboxylic acids is 1. The Bertz CT molecular complexity index is 1350. The van der Waals surface area contributed by atoms with Crippen LogP contribution in [0.15, 0.2) is 18.0 Å². The zero-order valence-electron chi connectivity index (χ0n) is 28.2. The second kappa shape index (κ2) is 9.53. The van der Waals surface area contributed by atoms with Crippen LogP contribution in [0.25, 0.3) is 0 Å². The Labute approximate surface area is 260 Å². The Balaban J connectivity index is 1.33. The fraction of sp³-hybridized carbons (Fsp3) is 0.811. The van der Waals surface area contributed by atoms with Gasteiger partial charge in [-0.05, 0) is 104 Å². The number of aromatic nitrogens is 2. The van der Waals surface area contributed by atoms with Gasteiger partial charge in [0.2, 0.25) is 0 Å². The van der Waals surface area contributed by atoms with Gasteiger partial charge in [-0.3, -0.25) is 4.79 Å². The number of carbonyl (C=O) groups is 1. The summed E-state index contributed by atoms with van der Waals surface area (Å²) in [5.41, 5.74) is 3.93. The molecule has 43 heavy (non-hydrogen) atoms. The molecule has 2 heterocycles. The van der Waals surface area contributed by atoms with E-state index in [1.807, 2.05) is 6.33 Å². The third-order valence-electron chi connectivity index (χ3n) is 15.4. The van der Waals surface area contributed by atoms with Gasteiger partial charge in [0, 0.05) is 37.2 Å². The predicted octanol–water partition coefficient (Wildman–Crippen LogP) is 6.98. The molecule has 236 valence electrons. The highest BCUT2D eigenvalue weighted by Gasteiger charge is 2.69. The molecule has 6 aliphatic rings. The largest absolute Gasteiger partial charge is 0.481 e. The van der Waals surface area contributed by atoms with Crippen molar-refractivity contribution in [2.24, 2.45) is 51.2 Å². The molecule has 0 unspecified atom stereocenters.